The molecular weight excluding hydrogens is 560 g/mol. The SMILES string of the molecule is COC(=O)CCCCC(S)C(=O)N(C(=O)OCc1ccccc1)[C@@H](CC(C)C)C(=O)N[C@@H](Cc1ccccc1)C(=O)O. The van der Waals surface area contributed by atoms with Gasteiger partial charge in [-0.2, -0.15) is 12.6 Å². The van der Waals surface area contributed by atoms with Gasteiger partial charge in [0.2, 0.25) is 11.8 Å². The molecule has 0 fully saturated rings. The summed E-state index contributed by atoms with van der Waals surface area (Å²) in [6, 6.07) is 15.0. The predicted molar refractivity (Wildman–Crippen MR) is 160 cm³/mol. The molecule has 0 spiro atoms. The van der Waals surface area contributed by atoms with Crippen LogP contribution in [0, 0.1) is 5.92 Å². The fraction of sp³-hybridized carbons (Fsp3) is 0.452. The molecule has 2 rings (SSSR count). The van der Waals surface area contributed by atoms with E-state index in [0.717, 1.165) is 4.90 Å². The molecule has 228 valence electrons. The number of methoxy groups -OCH3 is 1. The maximum atomic E-state index is 13.7. The third kappa shape index (κ3) is 11.6. The Labute approximate surface area is 252 Å². The lowest BCUT2D eigenvalue weighted by Gasteiger charge is -2.32. The second-order valence-corrected chi connectivity index (χ2v) is 10.9. The maximum absolute atomic E-state index is 13.7. The molecule has 0 aliphatic heterocycles. The van der Waals surface area contributed by atoms with Gasteiger partial charge in [0, 0.05) is 12.8 Å². The number of aliphatic carboxylic acids is 1. The van der Waals surface area contributed by atoms with Crippen molar-refractivity contribution in [1.29, 1.82) is 0 Å². The van der Waals surface area contributed by atoms with Crippen molar-refractivity contribution in [2.24, 2.45) is 5.92 Å². The average Bonchev–Trinajstić information content (AvgIpc) is 2.97. The summed E-state index contributed by atoms with van der Waals surface area (Å²) < 4.78 is 10.1. The van der Waals surface area contributed by atoms with E-state index in [4.69, 9.17) is 4.74 Å². The summed E-state index contributed by atoms with van der Waals surface area (Å²) in [5.74, 6) is -3.31. The fourth-order valence-electron chi connectivity index (χ4n) is 4.25. The topological polar surface area (TPSA) is 139 Å². The van der Waals surface area contributed by atoms with E-state index in [0.29, 0.717) is 24.0 Å². The molecular formula is C31H40N2O8S. The summed E-state index contributed by atoms with van der Waals surface area (Å²) in [6.45, 7) is 3.51. The van der Waals surface area contributed by atoms with E-state index in [-0.39, 0.29) is 44.2 Å². The number of amides is 3. The number of ether oxygens (including phenoxy) is 2. The molecule has 10 nitrogen and oxygen atoms in total. The smallest absolute Gasteiger partial charge is 0.417 e. The van der Waals surface area contributed by atoms with Gasteiger partial charge >= 0.3 is 18.0 Å². The number of nitrogens with one attached hydrogen (secondary N) is 1. The fourth-order valence-corrected chi connectivity index (χ4v) is 4.55. The number of benzene rings is 2. The van der Waals surface area contributed by atoms with Crippen molar-refractivity contribution in [3.8, 4) is 0 Å². The number of esters is 1. The van der Waals surface area contributed by atoms with Crippen molar-refractivity contribution in [2.75, 3.05) is 7.11 Å². The monoisotopic (exact) mass is 600 g/mol. The standard InChI is InChI=1S/C31H40N2O8S/c1-21(2)18-25(28(35)32-24(30(37)38)19-22-12-6-4-7-13-22)33(31(39)41-20-23-14-8-5-9-15-23)29(36)26(42)16-10-11-17-27(34)40-3/h4-9,12-15,21,24-26,42H,10-11,16-20H2,1-3H3,(H,32,35)(H,37,38)/t24-,25-,26?/m0/s1. The van der Waals surface area contributed by atoms with Gasteiger partial charge in [-0.15, -0.1) is 0 Å². The van der Waals surface area contributed by atoms with Gasteiger partial charge < -0.3 is 19.9 Å². The molecule has 1 unspecified atom stereocenters. The number of carbonyl (C=O) groups excluding carboxylic acids is 4. The van der Waals surface area contributed by atoms with Crippen LogP contribution < -0.4 is 5.32 Å². The predicted octanol–water partition coefficient (Wildman–Crippen LogP) is 4.41. The van der Waals surface area contributed by atoms with Crippen LogP contribution in [0.3, 0.4) is 0 Å². The first kappa shape index (κ1) is 34.3. The molecule has 2 N–H and O–H groups in total. The lowest BCUT2D eigenvalue weighted by molar-refractivity contribution is -0.144. The lowest BCUT2D eigenvalue weighted by Crippen LogP contribution is -2.57. The molecule has 2 aromatic carbocycles. The van der Waals surface area contributed by atoms with Crippen molar-refractivity contribution in [3.63, 3.8) is 0 Å². The number of unbranched alkanes of at least 4 members (excludes halogenated alkanes) is 1. The van der Waals surface area contributed by atoms with Crippen molar-refractivity contribution < 1.29 is 38.6 Å². The van der Waals surface area contributed by atoms with E-state index in [1.165, 1.54) is 7.11 Å². The van der Waals surface area contributed by atoms with Crippen molar-refractivity contribution in [2.45, 2.75) is 76.3 Å². The first-order valence-corrected chi connectivity index (χ1v) is 14.4. The summed E-state index contributed by atoms with van der Waals surface area (Å²) in [7, 11) is 1.29. The molecule has 0 saturated heterocycles. The Balaban J connectivity index is 2.31. The number of carbonyl (C=O) groups is 5. The highest BCUT2D eigenvalue weighted by atomic mass is 32.1. The van der Waals surface area contributed by atoms with Crippen LogP contribution in [0.1, 0.15) is 57.1 Å². The molecule has 0 radical (unpaired) electrons. The zero-order chi connectivity index (χ0) is 31.1. The highest BCUT2D eigenvalue weighted by molar-refractivity contribution is 7.81. The van der Waals surface area contributed by atoms with Crippen molar-refractivity contribution in [3.05, 3.63) is 71.8 Å². The van der Waals surface area contributed by atoms with Crippen LogP contribution in [0.25, 0.3) is 0 Å². The quantitative estimate of drug-likeness (QED) is 0.146. The molecule has 0 aromatic heterocycles. The van der Waals surface area contributed by atoms with E-state index in [1.807, 2.05) is 19.9 Å². The molecule has 0 bridgehead atoms. The van der Waals surface area contributed by atoms with E-state index < -0.39 is 41.2 Å². The number of imide groups is 1. The molecule has 0 aliphatic carbocycles. The number of hydrogen-bond donors (Lipinski definition) is 3. The van der Waals surface area contributed by atoms with Gasteiger partial charge in [-0.1, -0.05) is 80.9 Å². The zero-order valence-electron chi connectivity index (χ0n) is 24.2. The summed E-state index contributed by atoms with van der Waals surface area (Å²) in [4.78, 5) is 65.0. The van der Waals surface area contributed by atoms with Crippen LogP contribution in [-0.2, 0) is 41.7 Å². The van der Waals surface area contributed by atoms with E-state index in [1.54, 1.807) is 54.6 Å². The summed E-state index contributed by atoms with van der Waals surface area (Å²) in [5.41, 5.74) is 1.38. The largest absolute Gasteiger partial charge is 0.480 e. The molecule has 0 aliphatic rings. The molecule has 2 aromatic rings. The van der Waals surface area contributed by atoms with Crippen molar-refractivity contribution in [1.82, 2.24) is 10.2 Å². The van der Waals surface area contributed by atoms with Crippen LogP contribution in [0.15, 0.2) is 60.7 Å². The van der Waals surface area contributed by atoms with Gasteiger partial charge in [0.15, 0.2) is 0 Å². The van der Waals surface area contributed by atoms with Gasteiger partial charge in [-0.25, -0.2) is 14.5 Å². The van der Waals surface area contributed by atoms with Gasteiger partial charge in [-0.3, -0.25) is 14.4 Å². The molecule has 0 heterocycles. The molecule has 11 heteroatoms. The van der Waals surface area contributed by atoms with Gasteiger partial charge in [0.05, 0.1) is 12.4 Å². The van der Waals surface area contributed by atoms with Crippen molar-refractivity contribution >= 4 is 42.5 Å². The maximum Gasteiger partial charge on any atom is 0.417 e. The van der Waals surface area contributed by atoms with E-state index in [9.17, 15) is 29.1 Å². The number of nitrogens with zero attached hydrogens (tertiary/aromatic N) is 1. The van der Waals surface area contributed by atoms with Crippen LogP contribution in [0.5, 0.6) is 0 Å². The second-order valence-electron chi connectivity index (χ2n) is 10.3. The van der Waals surface area contributed by atoms with Crippen LogP contribution in [0.4, 0.5) is 4.79 Å². The van der Waals surface area contributed by atoms with E-state index in [2.05, 4.69) is 22.7 Å². The minimum atomic E-state index is -1.34. The van der Waals surface area contributed by atoms with Crippen LogP contribution >= 0.6 is 12.6 Å². The summed E-state index contributed by atoms with van der Waals surface area (Å²) in [6.07, 6.45) is 0.337. The molecule has 42 heavy (non-hydrogen) atoms. The van der Waals surface area contributed by atoms with Gasteiger partial charge in [0.25, 0.3) is 0 Å². The van der Waals surface area contributed by atoms with Gasteiger partial charge in [0.1, 0.15) is 18.7 Å². The number of hydrogen-bond acceptors (Lipinski definition) is 8. The summed E-state index contributed by atoms with van der Waals surface area (Å²) >= 11 is 4.43. The Morgan fingerprint density at radius 2 is 1.52 bits per heavy atom. The Morgan fingerprint density at radius 1 is 0.929 bits per heavy atom. The normalized spacial score (nSPS) is 13.0. The number of carboxylic acid groups (broad SMARTS) is 1. The van der Waals surface area contributed by atoms with Gasteiger partial charge in [-0.05, 0) is 36.3 Å². The molecule has 3 amide bonds. The first-order valence-electron chi connectivity index (χ1n) is 13.9. The number of carboxylic acids is 1. The number of thiol groups is 1. The minimum Gasteiger partial charge on any atom is -0.480 e. The molecule has 0 saturated carbocycles. The third-order valence-electron chi connectivity index (χ3n) is 6.47. The Morgan fingerprint density at radius 3 is 2.07 bits per heavy atom. The Hall–Kier alpha value is -3.86. The average molecular weight is 601 g/mol. The van der Waals surface area contributed by atoms with Crippen LogP contribution in [-0.4, -0.2) is 64.3 Å². The Kier molecular flexibility index (Phi) is 14.6. The minimum absolute atomic E-state index is 0.0120. The van der Waals surface area contributed by atoms with Crippen LogP contribution in [0.2, 0.25) is 0 Å². The highest BCUT2D eigenvalue weighted by Crippen LogP contribution is 2.21. The number of rotatable bonds is 16. The first-order chi connectivity index (χ1) is 20.0. The lowest BCUT2D eigenvalue weighted by atomic mass is 9.99. The molecule has 3 atom stereocenters. The highest BCUT2D eigenvalue weighted by Gasteiger charge is 2.39. The summed E-state index contributed by atoms with van der Waals surface area (Å²) in [5, 5.41) is 11.4. The zero-order valence-corrected chi connectivity index (χ0v) is 25.1. The van der Waals surface area contributed by atoms with E-state index >= 15 is 0 Å². The third-order valence-corrected chi connectivity index (χ3v) is 6.95. The second kappa shape index (κ2) is 17.8. The Bertz CT molecular complexity index is 1180.